The fourth-order valence-corrected chi connectivity index (χ4v) is 3.80. The van der Waals surface area contributed by atoms with Gasteiger partial charge in [-0.25, -0.2) is 15.0 Å². The van der Waals surface area contributed by atoms with Crippen molar-refractivity contribution in [3.05, 3.63) is 53.9 Å². The molecule has 1 aromatic carbocycles. The van der Waals surface area contributed by atoms with Crippen LogP contribution in [-0.2, 0) is 6.42 Å². The van der Waals surface area contributed by atoms with E-state index in [4.69, 9.17) is 14.5 Å². The van der Waals surface area contributed by atoms with Crippen molar-refractivity contribution >= 4 is 22.5 Å². The number of anilines is 2. The van der Waals surface area contributed by atoms with Gasteiger partial charge in [0, 0.05) is 29.8 Å². The van der Waals surface area contributed by atoms with Crippen molar-refractivity contribution in [1.82, 2.24) is 19.9 Å². The third kappa shape index (κ3) is 3.72. The standard InChI is InChI=1S/C23H24N6O2/c1-14-11-17(23(30-2)27-12-14)20-28-21(19-22(29-20)25-9-10-31-19)24-8-7-15-13-26-18-6-4-3-5-16(15)18/h3-6,11-13,26H,7-10H2,1-2H3,(H2,24,25,28,29). The Morgan fingerprint density at radius 2 is 2.13 bits per heavy atom. The smallest absolute Gasteiger partial charge is 0.224 e. The highest BCUT2D eigenvalue weighted by Crippen LogP contribution is 2.36. The predicted octanol–water partition coefficient (Wildman–Crippen LogP) is 3.80. The molecule has 0 saturated carbocycles. The highest BCUT2D eigenvalue weighted by Gasteiger charge is 2.22. The van der Waals surface area contributed by atoms with Crippen LogP contribution in [-0.4, -0.2) is 46.7 Å². The van der Waals surface area contributed by atoms with Crippen molar-refractivity contribution in [2.75, 3.05) is 37.4 Å². The van der Waals surface area contributed by atoms with Gasteiger partial charge in [0.15, 0.2) is 17.5 Å². The molecule has 3 aromatic heterocycles. The quantitative estimate of drug-likeness (QED) is 0.440. The highest BCUT2D eigenvalue weighted by molar-refractivity contribution is 5.83. The highest BCUT2D eigenvalue weighted by atomic mass is 16.5. The molecule has 0 radical (unpaired) electrons. The van der Waals surface area contributed by atoms with E-state index in [1.807, 2.05) is 19.1 Å². The van der Waals surface area contributed by atoms with Gasteiger partial charge in [-0.05, 0) is 36.6 Å². The number of fused-ring (bicyclic) bond motifs is 2. The molecule has 31 heavy (non-hydrogen) atoms. The molecular formula is C23H24N6O2. The zero-order chi connectivity index (χ0) is 21.2. The minimum absolute atomic E-state index is 0.493. The molecule has 3 N–H and O–H groups in total. The summed E-state index contributed by atoms with van der Waals surface area (Å²) in [6, 6.07) is 10.3. The van der Waals surface area contributed by atoms with Gasteiger partial charge in [-0.3, -0.25) is 0 Å². The Kier molecular flexibility index (Phi) is 5.03. The lowest BCUT2D eigenvalue weighted by atomic mass is 10.1. The molecule has 0 unspecified atom stereocenters. The summed E-state index contributed by atoms with van der Waals surface area (Å²) in [5.41, 5.74) is 4.16. The number of methoxy groups -OCH3 is 1. The number of pyridine rings is 1. The molecule has 5 rings (SSSR count). The third-order valence-corrected chi connectivity index (χ3v) is 5.29. The van der Waals surface area contributed by atoms with E-state index < -0.39 is 0 Å². The van der Waals surface area contributed by atoms with Gasteiger partial charge in [0.05, 0.1) is 19.2 Å². The summed E-state index contributed by atoms with van der Waals surface area (Å²) in [7, 11) is 1.60. The molecule has 8 nitrogen and oxygen atoms in total. The molecule has 0 atom stereocenters. The molecular weight excluding hydrogens is 392 g/mol. The Morgan fingerprint density at radius 3 is 3.03 bits per heavy atom. The predicted molar refractivity (Wildman–Crippen MR) is 121 cm³/mol. The molecule has 158 valence electrons. The van der Waals surface area contributed by atoms with Crippen LogP contribution in [0.15, 0.2) is 42.7 Å². The largest absolute Gasteiger partial charge is 0.485 e. The molecule has 0 fully saturated rings. The van der Waals surface area contributed by atoms with Crippen molar-refractivity contribution in [1.29, 1.82) is 0 Å². The maximum atomic E-state index is 5.88. The number of H-pyrrole nitrogens is 1. The number of benzene rings is 1. The zero-order valence-electron chi connectivity index (χ0n) is 17.5. The van der Waals surface area contributed by atoms with Gasteiger partial charge in [-0.1, -0.05) is 18.2 Å². The second kappa shape index (κ2) is 8.14. The van der Waals surface area contributed by atoms with E-state index in [1.54, 1.807) is 13.3 Å². The summed E-state index contributed by atoms with van der Waals surface area (Å²) in [5, 5.41) is 8.00. The van der Waals surface area contributed by atoms with Crippen LogP contribution in [0.4, 0.5) is 11.6 Å². The van der Waals surface area contributed by atoms with Crippen molar-refractivity contribution in [2.45, 2.75) is 13.3 Å². The summed E-state index contributed by atoms with van der Waals surface area (Å²) in [6.07, 6.45) is 4.68. The van der Waals surface area contributed by atoms with Crippen LogP contribution in [0.2, 0.25) is 0 Å². The Balaban J connectivity index is 1.45. The van der Waals surface area contributed by atoms with E-state index in [9.17, 15) is 0 Å². The van der Waals surface area contributed by atoms with Gasteiger partial charge in [-0.2, -0.15) is 0 Å². The molecule has 0 aliphatic carbocycles. The average molecular weight is 416 g/mol. The van der Waals surface area contributed by atoms with E-state index in [2.05, 4.69) is 50.0 Å². The Bertz CT molecular complexity index is 1240. The monoisotopic (exact) mass is 416 g/mol. The number of hydrogen-bond donors (Lipinski definition) is 3. The number of para-hydroxylation sites is 1. The van der Waals surface area contributed by atoms with Crippen molar-refractivity contribution < 1.29 is 9.47 Å². The summed E-state index contributed by atoms with van der Waals surface area (Å²) in [4.78, 5) is 17.1. The molecule has 0 saturated heterocycles. The van der Waals surface area contributed by atoms with Gasteiger partial charge >= 0.3 is 0 Å². The van der Waals surface area contributed by atoms with Crippen molar-refractivity contribution in [3.63, 3.8) is 0 Å². The van der Waals surface area contributed by atoms with Crippen molar-refractivity contribution in [2.24, 2.45) is 0 Å². The van der Waals surface area contributed by atoms with E-state index in [0.717, 1.165) is 23.1 Å². The third-order valence-electron chi connectivity index (χ3n) is 5.29. The number of nitrogens with one attached hydrogen (secondary N) is 3. The SMILES string of the molecule is COc1ncc(C)cc1-c1nc2c(c(NCCc3c[nH]c4ccccc34)n1)OCCN2. The van der Waals surface area contributed by atoms with E-state index in [-0.39, 0.29) is 0 Å². The van der Waals surface area contributed by atoms with Crippen molar-refractivity contribution in [3.8, 4) is 23.0 Å². The second-order valence-corrected chi connectivity index (χ2v) is 7.45. The van der Waals surface area contributed by atoms with E-state index in [1.165, 1.54) is 10.9 Å². The number of aryl methyl sites for hydroxylation is 1. The molecule has 0 spiro atoms. The Hall–Kier alpha value is -3.81. The number of aromatic amines is 1. The lowest BCUT2D eigenvalue weighted by Gasteiger charge is -2.22. The Morgan fingerprint density at radius 1 is 1.23 bits per heavy atom. The molecule has 1 aliphatic heterocycles. The Labute approximate surface area is 180 Å². The summed E-state index contributed by atoms with van der Waals surface area (Å²) < 4.78 is 11.3. The molecule has 8 heteroatoms. The number of aromatic nitrogens is 4. The maximum absolute atomic E-state index is 5.88. The molecule has 4 aromatic rings. The average Bonchev–Trinajstić information content (AvgIpc) is 3.22. The molecule has 4 heterocycles. The van der Waals surface area contributed by atoms with Crippen LogP contribution in [0.1, 0.15) is 11.1 Å². The molecule has 1 aliphatic rings. The first-order chi connectivity index (χ1) is 15.2. The van der Waals surface area contributed by atoms with E-state index >= 15 is 0 Å². The van der Waals surface area contributed by atoms with Crippen LogP contribution in [0, 0.1) is 6.92 Å². The van der Waals surface area contributed by atoms with Crippen LogP contribution in [0.3, 0.4) is 0 Å². The van der Waals surface area contributed by atoms with Crippen LogP contribution < -0.4 is 20.1 Å². The van der Waals surface area contributed by atoms with Gasteiger partial charge < -0.3 is 25.1 Å². The van der Waals surface area contributed by atoms with Gasteiger partial charge in [0.25, 0.3) is 0 Å². The van der Waals surface area contributed by atoms with Crippen LogP contribution in [0.25, 0.3) is 22.3 Å². The lowest BCUT2D eigenvalue weighted by Crippen LogP contribution is -2.22. The first-order valence-corrected chi connectivity index (χ1v) is 10.3. The first-order valence-electron chi connectivity index (χ1n) is 10.3. The minimum Gasteiger partial charge on any atom is -0.485 e. The molecule has 0 amide bonds. The minimum atomic E-state index is 0.493. The first kappa shape index (κ1) is 19.2. The van der Waals surface area contributed by atoms with Gasteiger partial charge in [0.1, 0.15) is 6.61 Å². The fourth-order valence-electron chi connectivity index (χ4n) is 3.80. The van der Waals surface area contributed by atoms with Crippen LogP contribution >= 0.6 is 0 Å². The topological polar surface area (TPSA) is 97.0 Å². The van der Waals surface area contributed by atoms with Gasteiger partial charge in [-0.15, -0.1) is 0 Å². The fraction of sp³-hybridized carbons (Fsp3) is 0.261. The number of nitrogens with zero attached hydrogens (tertiary/aromatic N) is 3. The second-order valence-electron chi connectivity index (χ2n) is 7.45. The van der Waals surface area contributed by atoms with Gasteiger partial charge in [0.2, 0.25) is 11.6 Å². The van der Waals surface area contributed by atoms with E-state index in [0.29, 0.717) is 48.8 Å². The summed E-state index contributed by atoms with van der Waals surface area (Å²) >= 11 is 0. The number of ether oxygens (including phenoxy) is 2. The lowest BCUT2D eigenvalue weighted by molar-refractivity contribution is 0.321. The van der Waals surface area contributed by atoms with Crippen LogP contribution in [0.5, 0.6) is 11.6 Å². The number of hydrogen-bond acceptors (Lipinski definition) is 7. The summed E-state index contributed by atoms with van der Waals surface area (Å²) in [6.45, 7) is 3.96. The maximum Gasteiger partial charge on any atom is 0.224 e. The molecule has 0 bridgehead atoms. The zero-order valence-corrected chi connectivity index (χ0v) is 17.5. The normalized spacial score (nSPS) is 12.7. The number of rotatable bonds is 6. The summed E-state index contributed by atoms with van der Waals surface area (Å²) in [5.74, 6) is 3.02.